The Labute approximate surface area is 148 Å². The zero-order valence-electron chi connectivity index (χ0n) is 13.4. The first-order valence-corrected chi connectivity index (χ1v) is 8.30. The summed E-state index contributed by atoms with van der Waals surface area (Å²) in [6.45, 7) is 0. The lowest BCUT2D eigenvalue weighted by Gasteiger charge is -2.08. The van der Waals surface area contributed by atoms with Gasteiger partial charge in [0.05, 0.1) is 23.9 Å². The van der Waals surface area contributed by atoms with E-state index in [1.54, 1.807) is 42.5 Å². The molecule has 0 bridgehead atoms. The summed E-state index contributed by atoms with van der Waals surface area (Å²) in [7, 11) is 1.52. The smallest absolute Gasteiger partial charge is 0.265 e. The first-order chi connectivity index (χ1) is 12.2. The minimum absolute atomic E-state index is 0.202. The number of methoxy groups -OCH3 is 1. The number of anilines is 2. The molecule has 2 amide bonds. The van der Waals surface area contributed by atoms with Crippen molar-refractivity contribution in [1.82, 2.24) is 4.98 Å². The number of hydrogen-bond donors (Lipinski definition) is 2. The SMILES string of the molecule is COc1ccc(NC(=O)c2cccc(NC(=O)c3cccs3)c2)cn1. The summed E-state index contributed by atoms with van der Waals surface area (Å²) in [5.41, 5.74) is 1.54. The molecule has 126 valence electrons. The zero-order chi connectivity index (χ0) is 17.6. The maximum absolute atomic E-state index is 12.4. The minimum atomic E-state index is -0.292. The number of benzene rings is 1. The highest BCUT2D eigenvalue weighted by molar-refractivity contribution is 7.12. The molecule has 7 heteroatoms. The summed E-state index contributed by atoms with van der Waals surface area (Å²) >= 11 is 1.36. The first-order valence-electron chi connectivity index (χ1n) is 7.42. The number of aromatic nitrogens is 1. The van der Waals surface area contributed by atoms with Crippen molar-refractivity contribution in [2.45, 2.75) is 0 Å². The predicted molar refractivity (Wildman–Crippen MR) is 97.5 cm³/mol. The number of nitrogens with zero attached hydrogens (tertiary/aromatic N) is 1. The van der Waals surface area contributed by atoms with E-state index in [1.165, 1.54) is 24.6 Å². The highest BCUT2D eigenvalue weighted by atomic mass is 32.1. The molecule has 0 atom stereocenters. The van der Waals surface area contributed by atoms with Crippen LogP contribution in [0, 0.1) is 0 Å². The van der Waals surface area contributed by atoms with Crippen LogP contribution in [0.4, 0.5) is 11.4 Å². The van der Waals surface area contributed by atoms with Crippen molar-refractivity contribution in [3.63, 3.8) is 0 Å². The number of carbonyl (C=O) groups excluding carboxylic acids is 2. The molecule has 2 heterocycles. The van der Waals surface area contributed by atoms with Crippen molar-refractivity contribution in [2.75, 3.05) is 17.7 Å². The predicted octanol–water partition coefficient (Wildman–Crippen LogP) is 3.66. The van der Waals surface area contributed by atoms with Gasteiger partial charge in [-0.15, -0.1) is 11.3 Å². The Balaban J connectivity index is 1.69. The number of thiophene rings is 1. The van der Waals surface area contributed by atoms with E-state index in [9.17, 15) is 9.59 Å². The van der Waals surface area contributed by atoms with Gasteiger partial charge in [-0.05, 0) is 35.7 Å². The Hall–Kier alpha value is -3.19. The van der Waals surface area contributed by atoms with Gasteiger partial charge in [0.25, 0.3) is 11.8 Å². The van der Waals surface area contributed by atoms with Crippen molar-refractivity contribution in [3.8, 4) is 5.88 Å². The van der Waals surface area contributed by atoms with Crippen molar-refractivity contribution in [1.29, 1.82) is 0 Å². The fraction of sp³-hybridized carbons (Fsp3) is 0.0556. The van der Waals surface area contributed by atoms with E-state index in [2.05, 4.69) is 15.6 Å². The highest BCUT2D eigenvalue weighted by Gasteiger charge is 2.10. The van der Waals surface area contributed by atoms with E-state index < -0.39 is 0 Å². The monoisotopic (exact) mass is 353 g/mol. The molecule has 2 N–H and O–H groups in total. The second-order valence-electron chi connectivity index (χ2n) is 5.06. The van der Waals surface area contributed by atoms with Crippen LogP contribution in [0.3, 0.4) is 0 Å². The number of ether oxygens (including phenoxy) is 1. The second kappa shape index (κ2) is 7.59. The Morgan fingerprint density at radius 2 is 1.84 bits per heavy atom. The van der Waals surface area contributed by atoms with Crippen molar-refractivity contribution >= 4 is 34.5 Å². The van der Waals surface area contributed by atoms with Crippen LogP contribution in [0.1, 0.15) is 20.0 Å². The van der Waals surface area contributed by atoms with Gasteiger partial charge < -0.3 is 15.4 Å². The molecule has 3 aromatic rings. The number of pyridine rings is 1. The molecule has 0 fully saturated rings. The molecule has 1 aromatic carbocycles. The first kappa shape index (κ1) is 16.7. The van der Waals surface area contributed by atoms with Gasteiger partial charge in [-0.2, -0.15) is 0 Å². The molecule has 25 heavy (non-hydrogen) atoms. The van der Waals surface area contributed by atoms with Crippen LogP contribution >= 0.6 is 11.3 Å². The summed E-state index contributed by atoms with van der Waals surface area (Å²) in [6, 6.07) is 13.7. The third-order valence-corrected chi connectivity index (χ3v) is 4.20. The normalized spacial score (nSPS) is 10.1. The lowest BCUT2D eigenvalue weighted by molar-refractivity contribution is 0.101. The van der Waals surface area contributed by atoms with Gasteiger partial charge >= 0.3 is 0 Å². The lowest BCUT2D eigenvalue weighted by atomic mass is 10.2. The molecule has 0 aliphatic rings. The fourth-order valence-corrected chi connectivity index (χ4v) is 2.74. The lowest BCUT2D eigenvalue weighted by Crippen LogP contribution is -2.14. The number of nitrogens with one attached hydrogen (secondary N) is 2. The Morgan fingerprint density at radius 1 is 1.00 bits per heavy atom. The molecule has 0 unspecified atom stereocenters. The molecule has 6 nitrogen and oxygen atoms in total. The van der Waals surface area contributed by atoms with Gasteiger partial charge in [0.2, 0.25) is 5.88 Å². The van der Waals surface area contributed by atoms with Gasteiger partial charge in [0.1, 0.15) is 0 Å². The van der Waals surface area contributed by atoms with Crippen molar-refractivity contribution in [3.05, 3.63) is 70.5 Å². The van der Waals surface area contributed by atoms with Crippen LogP contribution in [-0.4, -0.2) is 23.9 Å². The summed E-state index contributed by atoms with van der Waals surface area (Å²) in [5, 5.41) is 7.37. The van der Waals surface area contributed by atoms with Crippen LogP contribution in [0.25, 0.3) is 0 Å². The van der Waals surface area contributed by atoms with Gasteiger partial charge in [-0.25, -0.2) is 4.98 Å². The molecule has 0 radical (unpaired) electrons. The van der Waals surface area contributed by atoms with E-state index >= 15 is 0 Å². The number of hydrogen-bond acceptors (Lipinski definition) is 5. The summed E-state index contributed by atoms with van der Waals surface area (Å²) in [4.78, 5) is 29.1. The Morgan fingerprint density at radius 3 is 2.52 bits per heavy atom. The fourth-order valence-electron chi connectivity index (χ4n) is 2.12. The van der Waals surface area contributed by atoms with E-state index in [4.69, 9.17) is 4.74 Å². The van der Waals surface area contributed by atoms with Gasteiger partial charge in [0.15, 0.2) is 0 Å². The van der Waals surface area contributed by atoms with Crippen LogP contribution in [0.5, 0.6) is 5.88 Å². The van der Waals surface area contributed by atoms with Crippen molar-refractivity contribution in [2.24, 2.45) is 0 Å². The minimum Gasteiger partial charge on any atom is -0.481 e. The third-order valence-electron chi connectivity index (χ3n) is 3.33. The average molecular weight is 353 g/mol. The molecule has 0 saturated heterocycles. The third kappa shape index (κ3) is 4.21. The van der Waals surface area contributed by atoms with E-state index in [0.717, 1.165) is 0 Å². The summed E-state index contributed by atoms with van der Waals surface area (Å²) < 4.78 is 4.98. The number of carbonyl (C=O) groups is 2. The molecule has 0 aliphatic heterocycles. The largest absolute Gasteiger partial charge is 0.481 e. The van der Waals surface area contributed by atoms with Crippen LogP contribution < -0.4 is 15.4 Å². The average Bonchev–Trinajstić information content (AvgIpc) is 3.17. The maximum Gasteiger partial charge on any atom is 0.265 e. The van der Waals surface area contributed by atoms with E-state index in [-0.39, 0.29) is 11.8 Å². The number of amides is 2. The topological polar surface area (TPSA) is 80.3 Å². The quantitative estimate of drug-likeness (QED) is 0.734. The molecule has 0 aliphatic carbocycles. The highest BCUT2D eigenvalue weighted by Crippen LogP contribution is 2.17. The molecule has 0 spiro atoms. The van der Waals surface area contributed by atoms with Gasteiger partial charge in [-0.1, -0.05) is 12.1 Å². The van der Waals surface area contributed by atoms with Gasteiger partial charge in [-0.3, -0.25) is 9.59 Å². The van der Waals surface area contributed by atoms with Crippen LogP contribution in [0.15, 0.2) is 60.1 Å². The van der Waals surface area contributed by atoms with Crippen molar-refractivity contribution < 1.29 is 14.3 Å². The van der Waals surface area contributed by atoms with E-state index in [0.29, 0.717) is 27.7 Å². The molecular formula is C18H15N3O3S. The second-order valence-corrected chi connectivity index (χ2v) is 6.00. The standard InChI is InChI=1S/C18H15N3O3S/c1-24-16-8-7-14(11-19-16)21-17(22)12-4-2-5-13(10-12)20-18(23)15-6-3-9-25-15/h2-11H,1H3,(H,20,23)(H,21,22). The van der Waals surface area contributed by atoms with E-state index in [1.807, 2.05) is 11.4 Å². The number of rotatable bonds is 5. The van der Waals surface area contributed by atoms with Crippen LogP contribution in [-0.2, 0) is 0 Å². The summed E-state index contributed by atoms with van der Waals surface area (Å²) in [6.07, 6.45) is 1.51. The Bertz CT molecular complexity index is 877. The summed E-state index contributed by atoms with van der Waals surface area (Å²) in [5.74, 6) is -0.0256. The zero-order valence-corrected chi connectivity index (χ0v) is 14.2. The molecule has 2 aromatic heterocycles. The molecule has 0 saturated carbocycles. The molecule has 3 rings (SSSR count). The van der Waals surface area contributed by atoms with Crippen LogP contribution in [0.2, 0.25) is 0 Å². The molecular weight excluding hydrogens is 338 g/mol. The maximum atomic E-state index is 12.4. The Kier molecular flexibility index (Phi) is 5.06. The van der Waals surface area contributed by atoms with Gasteiger partial charge in [0, 0.05) is 17.3 Å².